The highest BCUT2D eigenvalue weighted by atomic mass is 16.2. The summed E-state index contributed by atoms with van der Waals surface area (Å²) in [5.41, 5.74) is 1.15. The Kier molecular flexibility index (Phi) is 7.31. The normalized spacial score (nSPS) is 22.2. The van der Waals surface area contributed by atoms with E-state index in [1.165, 1.54) is 32.1 Å². The Labute approximate surface area is 163 Å². The van der Waals surface area contributed by atoms with Gasteiger partial charge in [-0.3, -0.25) is 9.59 Å². The zero-order chi connectivity index (χ0) is 19.1. The van der Waals surface area contributed by atoms with Gasteiger partial charge in [-0.25, -0.2) is 0 Å². The minimum atomic E-state index is 0.161. The number of likely N-dealkylation sites (tertiary alicyclic amines) is 1. The van der Waals surface area contributed by atoms with Crippen molar-refractivity contribution in [2.24, 2.45) is 11.8 Å². The van der Waals surface area contributed by atoms with E-state index in [2.05, 4.69) is 4.90 Å². The van der Waals surface area contributed by atoms with Crippen molar-refractivity contribution in [3.8, 4) is 0 Å². The average molecular weight is 371 g/mol. The van der Waals surface area contributed by atoms with Crippen molar-refractivity contribution in [3.63, 3.8) is 0 Å². The van der Waals surface area contributed by atoms with Gasteiger partial charge in [0.15, 0.2) is 0 Å². The summed E-state index contributed by atoms with van der Waals surface area (Å²) >= 11 is 0. The van der Waals surface area contributed by atoms with Crippen molar-refractivity contribution < 1.29 is 9.59 Å². The van der Waals surface area contributed by atoms with E-state index < -0.39 is 0 Å². The van der Waals surface area contributed by atoms with Crippen molar-refractivity contribution in [2.45, 2.75) is 64.3 Å². The van der Waals surface area contributed by atoms with E-state index in [9.17, 15) is 9.59 Å². The van der Waals surface area contributed by atoms with E-state index in [-0.39, 0.29) is 5.91 Å². The molecule has 0 N–H and O–H groups in total. The number of fused-ring (bicyclic) bond motifs is 1. The molecule has 0 bridgehead atoms. The minimum Gasteiger partial charge on any atom is -0.342 e. The van der Waals surface area contributed by atoms with Gasteiger partial charge in [-0.05, 0) is 43.1 Å². The van der Waals surface area contributed by atoms with E-state index in [0.717, 1.165) is 43.3 Å². The first-order chi connectivity index (χ1) is 13.1. The molecule has 27 heavy (non-hydrogen) atoms. The van der Waals surface area contributed by atoms with Crippen molar-refractivity contribution >= 4 is 11.8 Å². The van der Waals surface area contributed by atoms with Gasteiger partial charge in [-0.1, -0.05) is 49.6 Å². The number of hydrogen-bond acceptors (Lipinski definition) is 2. The monoisotopic (exact) mass is 370 g/mol. The van der Waals surface area contributed by atoms with Crippen LogP contribution in [0, 0.1) is 11.8 Å². The molecule has 0 radical (unpaired) electrons. The maximum Gasteiger partial charge on any atom is 0.222 e. The molecule has 2 amide bonds. The van der Waals surface area contributed by atoms with Gasteiger partial charge in [-0.2, -0.15) is 0 Å². The second-order valence-electron chi connectivity index (χ2n) is 8.38. The number of benzene rings is 1. The SMILES string of the molecule is CN(Cc1ccccc1)C(=O)CCCCC(=O)N1CCC2CCCCC2C1. The third kappa shape index (κ3) is 5.82. The van der Waals surface area contributed by atoms with E-state index in [4.69, 9.17) is 0 Å². The van der Waals surface area contributed by atoms with Crippen molar-refractivity contribution in [2.75, 3.05) is 20.1 Å². The Bertz CT molecular complexity index is 616. The van der Waals surface area contributed by atoms with Gasteiger partial charge in [-0.15, -0.1) is 0 Å². The molecular formula is C23H34N2O2. The smallest absolute Gasteiger partial charge is 0.222 e. The number of hydrogen-bond donors (Lipinski definition) is 0. The van der Waals surface area contributed by atoms with E-state index >= 15 is 0 Å². The lowest BCUT2D eigenvalue weighted by atomic mass is 9.75. The van der Waals surface area contributed by atoms with Crippen LogP contribution in [0.3, 0.4) is 0 Å². The molecular weight excluding hydrogens is 336 g/mol. The van der Waals surface area contributed by atoms with Crippen molar-refractivity contribution in [1.29, 1.82) is 0 Å². The topological polar surface area (TPSA) is 40.6 Å². The van der Waals surface area contributed by atoms with Crippen molar-refractivity contribution in [1.82, 2.24) is 9.80 Å². The molecule has 0 spiro atoms. The lowest BCUT2D eigenvalue weighted by molar-refractivity contribution is -0.135. The molecule has 1 aromatic rings. The molecule has 1 saturated heterocycles. The predicted octanol–water partition coefficient (Wildman–Crippen LogP) is 4.24. The Morgan fingerprint density at radius 2 is 1.70 bits per heavy atom. The average Bonchev–Trinajstić information content (AvgIpc) is 2.71. The van der Waals surface area contributed by atoms with Gasteiger partial charge in [0.05, 0.1) is 0 Å². The molecule has 148 valence electrons. The number of carbonyl (C=O) groups is 2. The molecule has 2 unspecified atom stereocenters. The van der Waals surface area contributed by atoms with E-state index in [1.807, 2.05) is 37.4 Å². The highest BCUT2D eigenvalue weighted by molar-refractivity contribution is 5.77. The fourth-order valence-corrected chi connectivity index (χ4v) is 4.67. The quantitative estimate of drug-likeness (QED) is 0.674. The van der Waals surface area contributed by atoms with E-state index in [1.54, 1.807) is 4.90 Å². The first kappa shape index (κ1) is 19.9. The zero-order valence-corrected chi connectivity index (χ0v) is 16.7. The molecule has 0 aromatic heterocycles. The van der Waals surface area contributed by atoms with Crippen LogP contribution in [0.25, 0.3) is 0 Å². The number of nitrogens with zero attached hydrogens (tertiary/aromatic N) is 2. The van der Waals surface area contributed by atoms with Gasteiger partial charge >= 0.3 is 0 Å². The van der Waals surface area contributed by atoms with Crippen LogP contribution in [0.4, 0.5) is 0 Å². The van der Waals surface area contributed by atoms with Gasteiger partial charge in [0.25, 0.3) is 0 Å². The maximum atomic E-state index is 12.5. The maximum absolute atomic E-state index is 12.5. The zero-order valence-electron chi connectivity index (χ0n) is 16.7. The molecule has 1 aliphatic carbocycles. The van der Waals surface area contributed by atoms with Gasteiger partial charge in [0, 0.05) is 39.5 Å². The lowest BCUT2D eigenvalue weighted by Gasteiger charge is -2.41. The Morgan fingerprint density at radius 3 is 2.48 bits per heavy atom. The Morgan fingerprint density at radius 1 is 1.00 bits per heavy atom. The molecule has 2 aliphatic rings. The highest BCUT2D eigenvalue weighted by Crippen LogP contribution is 2.36. The highest BCUT2D eigenvalue weighted by Gasteiger charge is 2.32. The summed E-state index contributed by atoms with van der Waals surface area (Å²) in [6.45, 7) is 2.57. The molecule has 3 rings (SSSR count). The first-order valence-corrected chi connectivity index (χ1v) is 10.7. The van der Waals surface area contributed by atoms with Gasteiger partial charge < -0.3 is 9.80 Å². The Balaban J connectivity index is 1.32. The number of piperidine rings is 1. The van der Waals surface area contributed by atoms with Crippen LogP contribution in [0.15, 0.2) is 30.3 Å². The van der Waals surface area contributed by atoms with Crippen LogP contribution in [-0.2, 0) is 16.1 Å². The molecule has 1 aliphatic heterocycles. The fraction of sp³-hybridized carbons (Fsp3) is 0.652. The summed E-state index contributed by atoms with van der Waals surface area (Å²) in [5.74, 6) is 2.06. The van der Waals surface area contributed by atoms with Crippen LogP contribution < -0.4 is 0 Å². The second-order valence-corrected chi connectivity index (χ2v) is 8.38. The number of amides is 2. The number of carbonyl (C=O) groups excluding carboxylic acids is 2. The third-order valence-corrected chi connectivity index (χ3v) is 6.36. The van der Waals surface area contributed by atoms with Crippen LogP contribution in [0.5, 0.6) is 0 Å². The van der Waals surface area contributed by atoms with Crippen molar-refractivity contribution in [3.05, 3.63) is 35.9 Å². The minimum absolute atomic E-state index is 0.161. The first-order valence-electron chi connectivity index (χ1n) is 10.7. The van der Waals surface area contributed by atoms with E-state index in [0.29, 0.717) is 25.3 Å². The van der Waals surface area contributed by atoms with Crippen LogP contribution >= 0.6 is 0 Å². The summed E-state index contributed by atoms with van der Waals surface area (Å²) in [4.78, 5) is 28.7. The van der Waals surface area contributed by atoms with Crippen LogP contribution in [-0.4, -0.2) is 41.8 Å². The number of unbranched alkanes of at least 4 members (excludes halogenated alkanes) is 1. The number of rotatable bonds is 7. The summed E-state index contributed by atoms with van der Waals surface area (Å²) in [5, 5.41) is 0. The standard InChI is InChI=1S/C23H34N2O2/c1-24(17-19-9-3-2-4-10-19)22(26)13-7-8-14-23(27)25-16-15-20-11-5-6-12-21(20)18-25/h2-4,9-10,20-21H,5-8,11-18H2,1H3. The second kappa shape index (κ2) is 9.91. The van der Waals surface area contributed by atoms with Crippen LogP contribution in [0.1, 0.15) is 63.4 Å². The van der Waals surface area contributed by atoms with Gasteiger partial charge in [0.2, 0.25) is 11.8 Å². The summed E-state index contributed by atoms with van der Waals surface area (Å²) in [6, 6.07) is 10.1. The lowest BCUT2D eigenvalue weighted by Crippen LogP contribution is -2.44. The molecule has 2 atom stereocenters. The summed E-state index contributed by atoms with van der Waals surface area (Å²) < 4.78 is 0. The Hall–Kier alpha value is -1.84. The molecule has 4 nitrogen and oxygen atoms in total. The van der Waals surface area contributed by atoms with Gasteiger partial charge in [0.1, 0.15) is 0 Å². The summed E-state index contributed by atoms with van der Waals surface area (Å²) in [7, 11) is 1.86. The molecule has 4 heteroatoms. The molecule has 2 fully saturated rings. The summed E-state index contributed by atoms with van der Waals surface area (Å²) in [6.07, 6.45) is 9.30. The molecule has 1 heterocycles. The largest absolute Gasteiger partial charge is 0.342 e. The van der Waals surface area contributed by atoms with Crippen LogP contribution in [0.2, 0.25) is 0 Å². The molecule has 1 aromatic carbocycles. The molecule has 1 saturated carbocycles. The predicted molar refractivity (Wildman–Crippen MR) is 108 cm³/mol. The third-order valence-electron chi connectivity index (χ3n) is 6.36. The fourth-order valence-electron chi connectivity index (χ4n) is 4.67.